The van der Waals surface area contributed by atoms with Gasteiger partial charge in [0.15, 0.2) is 0 Å². The molecule has 19 heavy (non-hydrogen) atoms. The lowest BCUT2D eigenvalue weighted by atomic mass is 10.1. The smallest absolute Gasteiger partial charge is 0.0641 e. The maximum absolute atomic E-state index is 6.22. The molecule has 1 heterocycles. The van der Waals surface area contributed by atoms with Gasteiger partial charge in [-0.05, 0) is 38.0 Å². The van der Waals surface area contributed by atoms with Gasteiger partial charge in [0.05, 0.1) is 5.69 Å². The molecule has 3 nitrogen and oxygen atoms in total. The first-order valence-electron chi connectivity index (χ1n) is 6.44. The summed E-state index contributed by atoms with van der Waals surface area (Å²) in [5.41, 5.74) is 5.88. The Labute approximate surface area is 119 Å². The molecule has 1 N–H and O–H groups in total. The third kappa shape index (κ3) is 3.17. The van der Waals surface area contributed by atoms with Crippen LogP contribution in [0.4, 0.5) is 0 Å². The Bertz CT molecular complexity index is 587. The third-order valence-electron chi connectivity index (χ3n) is 3.48. The zero-order chi connectivity index (χ0) is 14.0. The summed E-state index contributed by atoms with van der Waals surface area (Å²) in [6, 6.07) is 6.16. The molecule has 102 valence electrons. The van der Waals surface area contributed by atoms with Crippen molar-refractivity contribution in [1.82, 2.24) is 15.1 Å². The lowest BCUT2D eigenvalue weighted by Gasteiger charge is -2.08. The van der Waals surface area contributed by atoms with Crippen LogP contribution in [0, 0.1) is 20.8 Å². The number of nitrogens with zero attached hydrogens (tertiary/aromatic N) is 2. The summed E-state index contributed by atoms with van der Waals surface area (Å²) in [7, 11) is 1.97. The number of rotatable bonds is 4. The predicted octanol–water partition coefficient (Wildman–Crippen LogP) is 3.29. The van der Waals surface area contributed by atoms with Gasteiger partial charge in [-0.15, -0.1) is 0 Å². The summed E-state index contributed by atoms with van der Waals surface area (Å²) in [6.07, 6.45) is 0. The fourth-order valence-corrected chi connectivity index (χ4v) is 2.49. The second kappa shape index (κ2) is 5.76. The summed E-state index contributed by atoms with van der Waals surface area (Å²) in [6.45, 7) is 7.77. The molecule has 1 aromatic heterocycles. The van der Waals surface area contributed by atoms with E-state index in [-0.39, 0.29) is 0 Å². The van der Waals surface area contributed by atoms with Crippen LogP contribution in [-0.2, 0) is 20.1 Å². The maximum atomic E-state index is 6.22. The largest absolute Gasteiger partial charge is 0.308 e. The van der Waals surface area contributed by atoms with Gasteiger partial charge >= 0.3 is 0 Å². The first kappa shape index (κ1) is 14.1. The fourth-order valence-electron chi connectivity index (χ4n) is 2.19. The minimum atomic E-state index is 0.771. The average Bonchev–Trinajstić information content (AvgIpc) is 2.58. The number of aryl methyl sites for hydroxylation is 3. The number of halogens is 1. The summed E-state index contributed by atoms with van der Waals surface area (Å²) < 4.78 is 1.92. The molecule has 0 spiro atoms. The van der Waals surface area contributed by atoms with Crippen LogP contribution in [0.25, 0.3) is 0 Å². The van der Waals surface area contributed by atoms with E-state index in [4.69, 9.17) is 11.6 Å². The van der Waals surface area contributed by atoms with Gasteiger partial charge in [-0.1, -0.05) is 23.7 Å². The van der Waals surface area contributed by atoms with E-state index in [9.17, 15) is 0 Å². The Morgan fingerprint density at radius 1 is 1.21 bits per heavy atom. The molecule has 0 bridgehead atoms. The quantitative estimate of drug-likeness (QED) is 0.929. The second-order valence-electron chi connectivity index (χ2n) is 4.97. The predicted molar refractivity (Wildman–Crippen MR) is 79.4 cm³/mol. The van der Waals surface area contributed by atoms with Crippen molar-refractivity contribution in [3.8, 4) is 0 Å². The molecule has 0 unspecified atom stereocenters. The number of benzene rings is 1. The summed E-state index contributed by atoms with van der Waals surface area (Å²) in [5.74, 6) is 0. The monoisotopic (exact) mass is 277 g/mol. The molecule has 1 aromatic carbocycles. The van der Waals surface area contributed by atoms with Crippen molar-refractivity contribution < 1.29 is 0 Å². The standard InChI is InChI=1S/C15H20ClN3/c1-10-5-6-13(15(16)7-10)8-17-9-14-11(2)18-19(4)12(14)3/h5-7,17H,8-9H2,1-4H3. The van der Waals surface area contributed by atoms with E-state index in [1.807, 2.05) is 31.6 Å². The molecule has 2 aromatic rings. The molecule has 4 heteroatoms. The van der Waals surface area contributed by atoms with Crippen LogP contribution in [0.15, 0.2) is 18.2 Å². The van der Waals surface area contributed by atoms with Crippen molar-refractivity contribution in [3.63, 3.8) is 0 Å². The Morgan fingerprint density at radius 3 is 2.53 bits per heavy atom. The van der Waals surface area contributed by atoms with Crippen LogP contribution < -0.4 is 5.32 Å². The van der Waals surface area contributed by atoms with Gasteiger partial charge in [0, 0.05) is 36.4 Å². The third-order valence-corrected chi connectivity index (χ3v) is 3.84. The second-order valence-corrected chi connectivity index (χ2v) is 5.38. The van der Waals surface area contributed by atoms with Crippen LogP contribution in [0.2, 0.25) is 5.02 Å². The van der Waals surface area contributed by atoms with Crippen LogP contribution in [0.3, 0.4) is 0 Å². The van der Waals surface area contributed by atoms with E-state index in [1.165, 1.54) is 16.8 Å². The molecular weight excluding hydrogens is 258 g/mol. The maximum Gasteiger partial charge on any atom is 0.0641 e. The van der Waals surface area contributed by atoms with Crippen molar-refractivity contribution in [2.75, 3.05) is 0 Å². The van der Waals surface area contributed by atoms with Gasteiger partial charge in [-0.3, -0.25) is 4.68 Å². The van der Waals surface area contributed by atoms with E-state index in [1.54, 1.807) is 0 Å². The molecule has 2 rings (SSSR count). The molecule has 0 aliphatic heterocycles. The van der Waals surface area contributed by atoms with Crippen LogP contribution in [0.1, 0.15) is 28.1 Å². The molecule has 0 saturated carbocycles. The summed E-state index contributed by atoms with van der Waals surface area (Å²) in [4.78, 5) is 0. The van der Waals surface area contributed by atoms with E-state index >= 15 is 0 Å². The van der Waals surface area contributed by atoms with Gasteiger partial charge in [0.2, 0.25) is 0 Å². The van der Waals surface area contributed by atoms with Gasteiger partial charge in [-0.25, -0.2) is 0 Å². The number of aromatic nitrogens is 2. The van der Waals surface area contributed by atoms with Gasteiger partial charge < -0.3 is 5.32 Å². The number of nitrogens with one attached hydrogen (secondary N) is 1. The number of hydrogen-bond donors (Lipinski definition) is 1. The minimum absolute atomic E-state index is 0.771. The highest BCUT2D eigenvalue weighted by molar-refractivity contribution is 6.31. The Hall–Kier alpha value is -1.32. The molecule has 0 amide bonds. The SMILES string of the molecule is Cc1ccc(CNCc2c(C)nn(C)c2C)c(Cl)c1. The first-order valence-corrected chi connectivity index (χ1v) is 6.81. The van der Waals surface area contributed by atoms with Crippen molar-refractivity contribution in [3.05, 3.63) is 51.3 Å². The van der Waals surface area contributed by atoms with Gasteiger partial charge in [-0.2, -0.15) is 5.10 Å². The van der Waals surface area contributed by atoms with Crippen LogP contribution in [0.5, 0.6) is 0 Å². The molecule has 0 saturated heterocycles. The Kier molecular flexibility index (Phi) is 4.27. The van der Waals surface area contributed by atoms with Crippen LogP contribution >= 0.6 is 11.6 Å². The Morgan fingerprint density at radius 2 is 1.95 bits per heavy atom. The minimum Gasteiger partial charge on any atom is -0.308 e. The topological polar surface area (TPSA) is 29.9 Å². The molecule has 0 aliphatic carbocycles. The molecule has 0 aliphatic rings. The highest BCUT2D eigenvalue weighted by atomic mass is 35.5. The molecule has 0 fully saturated rings. The number of hydrogen-bond acceptors (Lipinski definition) is 2. The van der Waals surface area contributed by atoms with Crippen molar-refractivity contribution in [2.45, 2.75) is 33.9 Å². The van der Waals surface area contributed by atoms with Gasteiger partial charge in [0.1, 0.15) is 0 Å². The van der Waals surface area contributed by atoms with E-state index in [2.05, 4.69) is 29.5 Å². The lowest BCUT2D eigenvalue weighted by molar-refractivity contribution is 0.684. The first-order chi connectivity index (χ1) is 8.99. The molecular formula is C15H20ClN3. The summed E-state index contributed by atoms with van der Waals surface area (Å²) >= 11 is 6.22. The van der Waals surface area contributed by atoms with Gasteiger partial charge in [0.25, 0.3) is 0 Å². The van der Waals surface area contributed by atoms with E-state index in [0.29, 0.717) is 0 Å². The van der Waals surface area contributed by atoms with Crippen molar-refractivity contribution in [2.24, 2.45) is 7.05 Å². The van der Waals surface area contributed by atoms with Crippen LogP contribution in [-0.4, -0.2) is 9.78 Å². The van der Waals surface area contributed by atoms with E-state index in [0.717, 1.165) is 29.4 Å². The summed E-state index contributed by atoms with van der Waals surface area (Å²) in [5, 5.41) is 8.68. The highest BCUT2D eigenvalue weighted by Gasteiger charge is 2.08. The normalized spacial score (nSPS) is 11.0. The lowest BCUT2D eigenvalue weighted by Crippen LogP contribution is -2.14. The van der Waals surface area contributed by atoms with Crippen molar-refractivity contribution in [1.29, 1.82) is 0 Å². The van der Waals surface area contributed by atoms with Crippen molar-refractivity contribution >= 4 is 11.6 Å². The van der Waals surface area contributed by atoms with E-state index < -0.39 is 0 Å². The average molecular weight is 278 g/mol. The highest BCUT2D eigenvalue weighted by Crippen LogP contribution is 2.18. The fraction of sp³-hybridized carbons (Fsp3) is 0.400. The molecule has 0 atom stereocenters. The zero-order valence-electron chi connectivity index (χ0n) is 11.9. The zero-order valence-corrected chi connectivity index (χ0v) is 12.7. The molecule has 0 radical (unpaired) electrons. The Balaban J connectivity index is 2.00.